The average molecular weight is 361 g/mol. The Hall–Kier alpha value is -0.628. The number of para-hydroxylation sites is 1. The van der Waals surface area contributed by atoms with Gasteiger partial charge in [0, 0.05) is 0 Å². The normalized spacial score (nSPS) is 7.67. The Labute approximate surface area is 89.3 Å². The second kappa shape index (κ2) is 5.95. The first-order chi connectivity index (χ1) is 4.72. The first-order valence-corrected chi connectivity index (χ1v) is 2.71. The van der Waals surface area contributed by atoms with Crippen LogP contribution in [0, 0.1) is 0 Å². The number of hydrogen-bond acceptors (Lipinski definition) is 3. The van der Waals surface area contributed by atoms with Crippen LogP contribution in [0.4, 0.5) is 0 Å². The van der Waals surface area contributed by atoms with Crippen molar-refractivity contribution in [1.29, 1.82) is 0 Å². The van der Waals surface area contributed by atoms with Crippen LogP contribution in [0.25, 0.3) is 0 Å². The number of carbonyl (C=O) groups is 1. The van der Waals surface area contributed by atoms with E-state index in [0.29, 0.717) is 0 Å². The molecule has 0 aliphatic rings. The molecule has 0 atom stereocenters. The van der Waals surface area contributed by atoms with Crippen molar-refractivity contribution in [2.45, 2.75) is 0 Å². The Kier molecular flexibility index (Phi) is 6.91. The summed E-state index contributed by atoms with van der Waals surface area (Å²) < 4.78 is 0. The third-order valence-electron chi connectivity index (χ3n) is 1.12. The van der Waals surface area contributed by atoms with E-state index in [4.69, 9.17) is 5.11 Å². The molecule has 0 aliphatic carbocycles. The van der Waals surface area contributed by atoms with Crippen molar-refractivity contribution in [3.8, 4) is 5.75 Å². The topological polar surface area (TPSA) is 90.4 Å². The fourth-order valence-electron chi connectivity index (χ4n) is 0.643. The number of carboxylic acid groups (broad SMARTS) is 1. The molecule has 2 radical (unpaired) electrons. The van der Waals surface area contributed by atoms with Gasteiger partial charge >= 0.3 is 33.3 Å². The zero-order valence-electron chi connectivity index (χ0n) is 6.02. The summed E-state index contributed by atoms with van der Waals surface area (Å²) in [7, 11) is 0. The summed E-state index contributed by atoms with van der Waals surface area (Å²) in [5.74, 6) is -1.62. The number of aromatic carboxylic acids is 1. The Bertz CT molecular complexity index is 261. The summed E-state index contributed by atoms with van der Waals surface area (Å²) in [6.07, 6.45) is 0. The predicted molar refractivity (Wildman–Crippen MR) is 40.5 cm³/mol. The molecular formula is C7H6O4Pb. The van der Waals surface area contributed by atoms with E-state index in [1.807, 2.05) is 0 Å². The van der Waals surface area contributed by atoms with Crippen molar-refractivity contribution < 1.29 is 20.5 Å². The molecule has 0 fully saturated rings. The molecule has 0 bridgehead atoms. The van der Waals surface area contributed by atoms with E-state index in [-0.39, 0.29) is 38.3 Å². The van der Waals surface area contributed by atoms with Gasteiger partial charge in [0.15, 0.2) is 0 Å². The molecule has 0 aromatic heterocycles. The van der Waals surface area contributed by atoms with Gasteiger partial charge in [-0.05, 0) is 6.07 Å². The van der Waals surface area contributed by atoms with Gasteiger partial charge in [-0.15, -0.1) is 0 Å². The first kappa shape index (κ1) is 13.9. The Morgan fingerprint density at radius 2 is 1.83 bits per heavy atom. The van der Waals surface area contributed by atoms with Crippen LogP contribution in [0.1, 0.15) is 10.4 Å². The van der Waals surface area contributed by atoms with Crippen molar-refractivity contribution in [3.63, 3.8) is 0 Å². The number of rotatable bonds is 1. The summed E-state index contributed by atoms with van der Waals surface area (Å²) in [5.41, 5.74) is -0.178. The minimum Gasteiger partial charge on any atom is -0.872 e. The molecule has 2 N–H and O–H groups in total. The van der Waals surface area contributed by atoms with Crippen LogP contribution in [-0.4, -0.2) is 43.9 Å². The third-order valence-corrected chi connectivity index (χ3v) is 1.12. The molecule has 1 rings (SSSR count). The fraction of sp³-hybridized carbons (Fsp3) is 0. The molecular weight excluding hydrogens is 355 g/mol. The van der Waals surface area contributed by atoms with Gasteiger partial charge < -0.3 is 15.7 Å². The van der Waals surface area contributed by atoms with Crippen LogP contribution in [0.5, 0.6) is 5.75 Å². The largest absolute Gasteiger partial charge is 2.00 e. The van der Waals surface area contributed by atoms with Crippen LogP contribution in [-0.2, 0) is 0 Å². The van der Waals surface area contributed by atoms with Gasteiger partial charge in [0.1, 0.15) is 0 Å². The molecule has 12 heavy (non-hydrogen) atoms. The van der Waals surface area contributed by atoms with Crippen molar-refractivity contribution in [2.24, 2.45) is 0 Å². The van der Waals surface area contributed by atoms with Gasteiger partial charge in [-0.25, -0.2) is 4.79 Å². The third kappa shape index (κ3) is 3.18. The summed E-state index contributed by atoms with van der Waals surface area (Å²) in [4.78, 5) is 10.2. The van der Waals surface area contributed by atoms with Gasteiger partial charge in [0.25, 0.3) is 0 Å². The molecule has 0 amide bonds. The van der Waals surface area contributed by atoms with Gasteiger partial charge in [-0.3, -0.25) is 0 Å². The molecule has 1 aromatic carbocycles. The summed E-state index contributed by atoms with van der Waals surface area (Å²) >= 11 is 0. The summed E-state index contributed by atoms with van der Waals surface area (Å²) in [6.45, 7) is 0. The fourth-order valence-corrected chi connectivity index (χ4v) is 0.643. The van der Waals surface area contributed by atoms with E-state index < -0.39 is 11.7 Å². The smallest absolute Gasteiger partial charge is 0.872 e. The van der Waals surface area contributed by atoms with Crippen molar-refractivity contribution in [2.75, 3.05) is 0 Å². The standard InChI is InChI=1S/C7H6O3.H2O.Pb/c8-6-4-2-1-3-5(6)7(9)10;;/h1-4,8H,(H,9,10);1H2;/q;;+2/p-2. The monoisotopic (exact) mass is 362 g/mol. The van der Waals surface area contributed by atoms with Crippen LogP contribution >= 0.6 is 0 Å². The van der Waals surface area contributed by atoms with E-state index in [2.05, 4.69) is 0 Å². The van der Waals surface area contributed by atoms with Crippen LogP contribution in [0.3, 0.4) is 0 Å². The van der Waals surface area contributed by atoms with Crippen molar-refractivity contribution in [1.82, 2.24) is 0 Å². The molecule has 1 aromatic rings. The minimum atomic E-state index is -1.18. The number of carboxylic acids is 1. The predicted octanol–water partition coefficient (Wildman–Crippen LogP) is -0.0992. The first-order valence-electron chi connectivity index (χ1n) is 2.71. The van der Waals surface area contributed by atoms with E-state index in [0.717, 1.165) is 0 Å². The van der Waals surface area contributed by atoms with Crippen molar-refractivity contribution >= 4 is 33.3 Å². The Morgan fingerprint density at radius 3 is 2.17 bits per heavy atom. The van der Waals surface area contributed by atoms with Gasteiger partial charge in [0.2, 0.25) is 0 Å². The minimum absolute atomic E-state index is 0. The zero-order valence-corrected chi connectivity index (χ0v) is 9.91. The molecule has 0 unspecified atom stereocenters. The van der Waals surface area contributed by atoms with Gasteiger partial charge in [-0.2, -0.15) is 0 Å². The molecule has 0 heterocycles. The van der Waals surface area contributed by atoms with Crippen LogP contribution < -0.4 is 5.11 Å². The summed E-state index contributed by atoms with van der Waals surface area (Å²) in [6, 6.07) is 5.54. The SMILES string of the molecule is O=C(O)c1ccccc1[O-].[OH-].[Pb+2]. The zero-order chi connectivity index (χ0) is 7.56. The van der Waals surface area contributed by atoms with E-state index in [1.165, 1.54) is 24.3 Å². The van der Waals surface area contributed by atoms with Crippen LogP contribution in [0.15, 0.2) is 24.3 Å². The van der Waals surface area contributed by atoms with Crippen molar-refractivity contribution in [3.05, 3.63) is 29.8 Å². The maximum Gasteiger partial charge on any atom is 2.00 e. The average Bonchev–Trinajstić information content (AvgIpc) is 1.88. The van der Waals surface area contributed by atoms with Gasteiger partial charge in [0.05, 0.1) is 5.56 Å². The Morgan fingerprint density at radius 1 is 1.33 bits per heavy atom. The summed E-state index contributed by atoms with van der Waals surface area (Å²) in [5, 5.41) is 19.0. The second-order valence-electron chi connectivity index (χ2n) is 1.80. The molecule has 0 saturated carbocycles. The number of hydrogen-bond donors (Lipinski definition) is 1. The quantitative estimate of drug-likeness (QED) is 0.708. The second-order valence-corrected chi connectivity index (χ2v) is 1.80. The van der Waals surface area contributed by atoms with E-state index in [9.17, 15) is 9.90 Å². The van der Waals surface area contributed by atoms with E-state index >= 15 is 0 Å². The Balaban J connectivity index is 0. The number of benzene rings is 1. The maximum atomic E-state index is 10.7. The molecule has 5 heteroatoms. The van der Waals surface area contributed by atoms with Crippen LogP contribution in [0.2, 0.25) is 0 Å². The molecule has 0 aliphatic heterocycles. The van der Waals surface area contributed by atoms with E-state index in [1.54, 1.807) is 0 Å². The molecule has 4 nitrogen and oxygen atoms in total. The van der Waals surface area contributed by atoms with Gasteiger partial charge in [-0.1, -0.05) is 23.9 Å². The maximum absolute atomic E-state index is 10.7. The molecule has 0 spiro atoms. The molecule has 0 saturated heterocycles. The molecule has 62 valence electrons.